The lowest BCUT2D eigenvalue weighted by Gasteiger charge is -2.17. The molecule has 0 bridgehead atoms. The van der Waals surface area contributed by atoms with Gasteiger partial charge in [0.25, 0.3) is 0 Å². The molecule has 1 saturated heterocycles. The third-order valence-corrected chi connectivity index (χ3v) is 5.44. The Morgan fingerprint density at radius 1 is 1.28 bits per heavy atom. The summed E-state index contributed by atoms with van der Waals surface area (Å²) in [5.41, 5.74) is 4.32. The maximum atomic E-state index is 14.4. The summed E-state index contributed by atoms with van der Waals surface area (Å²) < 4.78 is 22.0. The number of imidazole rings is 1. The molecule has 1 aliphatic heterocycles. The van der Waals surface area contributed by atoms with Crippen LogP contribution in [0, 0.1) is 5.82 Å². The van der Waals surface area contributed by atoms with Crippen LogP contribution < -0.4 is 15.1 Å². The summed E-state index contributed by atoms with van der Waals surface area (Å²) in [5, 5.41) is 8.56. The van der Waals surface area contributed by atoms with E-state index in [1.54, 1.807) is 23.9 Å². The zero-order valence-electron chi connectivity index (χ0n) is 18.1. The van der Waals surface area contributed by atoms with Crippen molar-refractivity contribution in [3.8, 4) is 17.0 Å². The number of carbonyl (C=O) groups is 1. The first kappa shape index (κ1) is 21.9. The van der Waals surface area contributed by atoms with Crippen LogP contribution in [0.2, 0.25) is 0 Å². The van der Waals surface area contributed by atoms with Gasteiger partial charge in [0.05, 0.1) is 12.9 Å². The van der Waals surface area contributed by atoms with Gasteiger partial charge in [0.1, 0.15) is 11.2 Å². The molecule has 1 fully saturated rings. The zero-order chi connectivity index (χ0) is 22.5. The van der Waals surface area contributed by atoms with Gasteiger partial charge in [-0.3, -0.25) is 10.0 Å². The summed E-state index contributed by atoms with van der Waals surface area (Å²) in [4.78, 5) is 27.5. The number of aryl methyl sites for hydroxylation is 1. The summed E-state index contributed by atoms with van der Waals surface area (Å²) >= 11 is 0. The Hall–Kier alpha value is -3.27. The van der Waals surface area contributed by atoms with Crippen LogP contribution in [-0.4, -0.2) is 50.3 Å². The van der Waals surface area contributed by atoms with Crippen molar-refractivity contribution >= 4 is 23.0 Å². The van der Waals surface area contributed by atoms with Crippen LogP contribution >= 0.6 is 0 Å². The highest BCUT2D eigenvalue weighted by molar-refractivity contribution is 5.88. The number of hydrogen-bond donors (Lipinski definition) is 2. The smallest absolute Gasteiger partial charge is 0.243 e. The van der Waals surface area contributed by atoms with Gasteiger partial charge in [-0.05, 0) is 43.9 Å². The molecular weight excluding hydrogens is 415 g/mol. The lowest BCUT2D eigenvalue weighted by atomic mass is 10.1. The minimum Gasteiger partial charge on any atom is -0.490 e. The number of anilines is 1. The summed E-state index contributed by atoms with van der Waals surface area (Å²) in [5.74, 6) is -0.274. The van der Waals surface area contributed by atoms with Crippen LogP contribution in [0.4, 0.5) is 10.3 Å². The second-order valence-corrected chi connectivity index (χ2v) is 7.81. The van der Waals surface area contributed by atoms with E-state index in [1.807, 2.05) is 4.57 Å². The molecule has 0 aliphatic carbocycles. The van der Waals surface area contributed by atoms with E-state index in [9.17, 15) is 9.18 Å². The predicted molar refractivity (Wildman–Crippen MR) is 117 cm³/mol. The fraction of sp³-hybridized carbons (Fsp3) is 0.455. The molecule has 3 heterocycles. The van der Waals surface area contributed by atoms with Gasteiger partial charge < -0.3 is 14.2 Å². The first-order valence-corrected chi connectivity index (χ1v) is 10.9. The normalized spacial score (nSPS) is 13.7. The molecule has 170 valence electrons. The number of hydroxylamine groups is 1. The van der Waals surface area contributed by atoms with Crippen molar-refractivity contribution < 1.29 is 19.1 Å². The number of nitrogens with zero attached hydrogens (tertiary/aromatic N) is 5. The van der Waals surface area contributed by atoms with Gasteiger partial charge in [0.2, 0.25) is 11.9 Å². The molecule has 4 rings (SSSR count). The van der Waals surface area contributed by atoms with E-state index in [0.717, 1.165) is 44.5 Å². The molecule has 3 aromatic rings. The van der Waals surface area contributed by atoms with Crippen molar-refractivity contribution in [2.24, 2.45) is 0 Å². The van der Waals surface area contributed by atoms with Gasteiger partial charge in [-0.1, -0.05) is 6.92 Å². The van der Waals surface area contributed by atoms with E-state index in [4.69, 9.17) is 19.9 Å². The topological polar surface area (TPSA) is 105 Å². The van der Waals surface area contributed by atoms with Gasteiger partial charge in [-0.2, -0.15) is 4.98 Å². The molecule has 32 heavy (non-hydrogen) atoms. The number of fused-ring (bicyclic) bond motifs is 1. The Morgan fingerprint density at radius 2 is 2.09 bits per heavy atom. The Labute approximate surface area is 185 Å². The maximum absolute atomic E-state index is 14.4. The van der Waals surface area contributed by atoms with Crippen LogP contribution in [0.3, 0.4) is 0 Å². The first-order valence-electron chi connectivity index (χ1n) is 10.9. The van der Waals surface area contributed by atoms with Crippen LogP contribution in [0.25, 0.3) is 22.4 Å². The Balaban J connectivity index is 1.68. The number of ether oxygens (including phenoxy) is 1. The van der Waals surface area contributed by atoms with Gasteiger partial charge in [0.15, 0.2) is 17.2 Å². The number of carbonyl (C=O) groups excluding carboxylic acids is 1. The molecule has 1 aromatic carbocycles. The van der Waals surface area contributed by atoms with E-state index in [2.05, 4.69) is 16.8 Å². The number of amides is 1. The van der Waals surface area contributed by atoms with Gasteiger partial charge in [-0.25, -0.2) is 19.8 Å². The molecule has 10 heteroatoms. The zero-order valence-corrected chi connectivity index (χ0v) is 18.1. The fourth-order valence-corrected chi connectivity index (χ4v) is 3.83. The molecule has 0 spiro atoms. The average molecular weight is 442 g/mol. The second kappa shape index (κ2) is 9.90. The number of halogens is 1. The summed E-state index contributed by atoms with van der Waals surface area (Å²) in [7, 11) is 0. The molecule has 2 aromatic heterocycles. The highest BCUT2D eigenvalue weighted by Crippen LogP contribution is 2.32. The van der Waals surface area contributed by atoms with Crippen molar-refractivity contribution in [2.45, 2.75) is 45.6 Å². The monoisotopic (exact) mass is 442 g/mol. The molecule has 1 amide bonds. The van der Waals surface area contributed by atoms with E-state index < -0.39 is 11.7 Å². The van der Waals surface area contributed by atoms with E-state index in [1.165, 1.54) is 6.07 Å². The van der Waals surface area contributed by atoms with Crippen LogP contribution in [0.1, 0.15) is 39.0 Å². The third-order valence-electron chi connectivity index (χ3n) is 5.44. The van der Waals surface area contributed by atoms with Crippen LogP contribution in [0.15, 0.2) is 24.5 Å². The van der Waals surface area contributed by atoms with E-state index in [0.29, 0.717) is 29.1 Å². The molecule has 0 saturated carbocycles. The number of nitrogens with one attached hydrogen (secondary N) is 1. The molecule has 9 nitrogen and oxygen atoms in total. The molecule has 0 unspecified atom stereocenters. The van der Waals surface area contributed by atoms with Gasteiger partial charge in [-0.15, -0.1) is 0 Å². The first-order chi connectivity index (χ1) is 15.6. The summed E-state index contributed by atoms with van der Waals surface area (Å²) in [6, 6.07) is 4.61. The molecular formula is C22H27FN6O3. The van der Waals surface area contributed by atoms with Crippen molar-refractivity contribution in [3.05, 3.63) is 30.3 Å². The largest absolute Gasteiger partial charge is 0.490 e. The van der Waals surface area contributed by atoms with Crippen LogP contribution in [0.5, 0.6) is 5.75 Å². The Bertz CT molecular complexity index is 1100. The van der Waals surface area contributed by atoms with E-state index >= 15 is 0 Å². The highest BCUT2D eigenvalue weighted by Gasteiger charge is 2.21. The van der Waals surface area contributed by atoms with E-state index in [-0.39, 0.29) is 18.8 Å². The minimum absolute atomic E-state index is 0.0781. The lowest BCUT2D eigenvalue weighted by molar-refractivity contribution is -0.129. The highest BCUT2D eigenvalue weighted by atomic mass is 19.1. The van der Waals surface area contributed by atoms with Crippen molar-refractivity contribution in [1.82, 2.24) is 25.0 Å². The number of aromatic nitrogens is 4. The molecule has 0 radical (unpaired) electrons. The van der Waals surface area contributed by atoms with Gasteiger partial charge in [0, 0.05) is 31.6 Å². The van der Waals surface area contributed by atoms with Crippen molar-refractivity contribution in [1.29, 1.82) is 0 Å². The third kappa shape index (κ3) is 4.64. The van der Waals surface area contributed by atoms with Crippen LogP contribution in [-0.2, 0) is 11.3 Å². The minimum atomic E-state index is -0.511. The lowest BCUT2D eigenvalue weighted by Crippen LogP contribution is -2.21. The maximum Gasteiger partial charge on any atom is 0.243 e. The predicted octanol–water partition coefficient (Wildman–Crippen LogP) is 3.31. The number of hydrogen-bond acceptors (Lipinski definition) is 7. The standard InChI is InChI=1S/C22H27FN6O3/c1-2-9-29-14-24-20-19(25-22(26-21(20)29)28-10-3-4-11-28)15-7-8-16(23)17(13-15)32-12-5-6-18(30)27-31/h7-8,13-14,31H,2-6,9-12H2,1H3,(H,27,30). The quantitative estimate of drug-likeness (QED) is 0.298. The average Bonchev–Trinajstić information content (AvgIpc) is 3.48. The Morgan fingerprint density at radius 3 is 2.84 bits per heavy atom. The molecule has 2 N–H and O–H groups in total. The Kier molecular flexibility index (Phi) is 6.79. The fourth-order valence-electron chi connectivity index (χ4n) is 3.83. The van der Waals surface area contributed by atoms with Crippen molar-refractivity contribution in [3.63, 3.8) is 0 Å². The SMILES string of the molecule is CCCn1cnc2c(-c3ccc(F)c(OCCCC(=O)NO)c3)nc(N3CCCC3)nc21. The molecule has 0 atom stereocenters. The summed E-state index contributed by atoms with van der Waals surface area (Å²) in [6.07, 6.45) is 5.36. The summed E-state index contributed by atoms with van der Waals surface area (Å²) in [6.45, 7) is 4.85. The van der Waals surface area contributed by atoms with Crippen molar-refractivity contribution in [2.75, 3.05) is 24.6 Å². The number of benzene rings is 1. The molecule has 1 aliphatic rings. The second-order valence-electron chi connectivity index (χ2n) is 7.81. The number of rotatable bonds is 9. The van der Waals surface area contributed by atoms with Gasteiger partial charge >= 0.3 is 0 Å².